The molecule has 0 unspecified atom stereocenters. The first kappa shape index (κ1) is 16.2. The molecule has 97 valence electrons. The summed E-state index contributed by atoms with van der Waals surface area (Å²) in [5, 5.41) is 8.51. The van der Waals surface area contributed by atoms with Crippen LogP contribution in [0.25, 0.3) is 0 Å². The molecule has 0 saturated carbocycles. The van der Waals surface area contributed by atoms with Gasteiger partial charge in [0.05, 0.1) is 5.56 Å². The van der Waals surface area contributed by atoms with E-state index >= 15 is 0 Å². The summed E-state index contributed by atoms with van der Waals surface area (Å²) < 4.78 is 7.94. The minimum absolute atomic E-state index is 0.347. The van der Waals surface area contributed by atoms with E-state index in [-0.39, 0.29) is 0 Å². The van der Waals surface area contributed by atoms with E-state index in [1.54, 1.807) is 18.2 Å². The van der Waals surface area contributed by atoms with E-state index in [4.69, 9.17) is 8.97 Å². The molecule has 0 heterocycles. The summed E-state index contributed by atoms with van der Waals surface area (Å²) in [4.78, 5) is 10.4. The topological polar surface area (TPSA) is 54.4 Å². The third kappa shape index (κ3) is 7.48. The Balaban J connectivity index is 0.000000308. The minimum Gasteiger partial charge on any atom is -0.184 e. The van der Waals surface area contributed by atoms with Gasteiger partial charge in [-0.3, -0.25) is 0 Å². The van der Waals surface area contributed by atoms with Crippen molar-refractivity contribution < 1.29 is 29.4 Å². The van der Waals surface area contributed by atoms with E-state index in [2.05, 4.69) is 21.7 Å². The fourth-order valence-corrected chi connectivity index (χ4v) is 1.12. The van der Waals surface area contributed by atoms with Crippen molar-refractivity contribution in [3.63, 3.8) is 0 Å². The van der Waals surface area contributed by atoms with Gasteiger partial charge in [-0.15, -0.1) is 0 Å². The molecule has 0 aromatic heterocycles. The first-order chi connectivity index (χ1) is 8.70. The molecular formula is C14H13CoO3-. The summed E-state index contributed by atoms with van der Waals surface area (Å²) in [5.74, 6) is -0.872. The van der Waals surface area contributed by atoms with Gasteiger partial charge in [-0.2, -0.15) is 36.4 Å². The third-order valence-corrected chi connectivity index (χ3v) is 1.87. The van der Waals surface area contributed by atoms with Crippen LogP contribution in [0.2, 0.25) is 0 Å². The van der Waals surface area contributed by atoms with Crippen LogP contribution in [0.5, 0.6) is 0 Å². The number of rotatable bonds is 1. The summed E-state index contributed by atoms with van der Waals surface area (Å²) in [6.45, 7) is 1.87. The second-order valence-corrected chi connectivity index (χ2v) is 3.25. The molecule has 0 radical (unpaired) electrons. The van der Waals surface area contributed by atoms with Gasteiger partial charge in [-0.25, -0.2) is 4.79 Å². The van der Waals surface area contributed by atoms with Crippen molar-refractivity contribution in [1.82, 2.24) is 0 Å². The molecule has 0 saturated heterocycles. The molecule has 0 aliphatic heterocycles. The number of carboxylic acid groups (broad SMARTS) is 1. The first-order valence-corrected chi connectivity index (χ1v) is 5.47. The molecule has 0 spiro atoms. The maximum absolute atomic E-state index is 10.4. The largest absolute Gasteiger partial charge is 0.184 e. The van der Waals surface area contributed by atoms with Crippen molar-refractivity contribution in [2.24, 2.45) is 0 Å². The molecule has 0 amide bonds. The van der Waals surface area contributed by atoms with Gasteiger partial charge in [0.1, 0.15) is 0 Å². The Morgan fingerprint density at radius 2 is 1.72 bits per heavy atom. The van der Waals surface area contributed by atoms with Crippen LogP contribution in [0.3, 0.4) is 0 Å². The van der Waals surface area contributed by atoms with Crippen molar-refractivity contribution in [3.05, 3.63) is 71.8 Å². The second kappa shape index (κ2) is 10.4. The fourth-order valence-electron chi connectivity index (χ4n) is 1.12. The maximum Gasteiger partial charge on any atom is -0.171 e. The third-order valence-electron chi connectivity index (χ3n) is 1.87. The van der Waals surface area contributed by atoms with Gasteiger partial charge in [-0.05, 0) is 19.1 Å². The zero-order valence-electron chi connectivity index (χ0n) is 9.79. The zero-order valence-corrected chi connectivity index (χ0v) is 10.8. The molecule has 18 heavy (non-hydrogen) atoms. The van der Waals surface area contributed by atoms with E-state index in [0.717, 1.165) is 5.56 Å². The van der Waals surface area contributed by atoms with Crippen LogP contribution >= 0.6 is 0 Å². The normalized spacial score (nSPS) is 8.11. The van der Waals surface area contributed by atoms with Crippen molar-refractivity contribution >= 4 is 5.97 Å². The SMILES string of the molecule is Cc1cccc(C(=O)O)c1.[O]=[Co].[c-]1ccccc1. The number of benzene rings is 2. The van der Waals surface area contributed by atoms with Crippen LogP contribution in [0, 0.1) is 13.0 Å². The molecule has 1 N–H and O–H groups in total. The van der Waals surface area contributed by atoms with Gasteiger partial charge in [0, 0.05) is 0 Å². The van der Waals surface area contributed by atoms with Gasteiger partial charge in [-0.1, -0.05) is 17.7 Å². The van der Waals surface area contributed by atoms with Crippen LogP contribution in [0.4, 0.5) is 0 Å². The average molecular weight is 288 g/mol. The van der Waals surface area contributed by atoms with E-state index in [1.807, 2.05) is 43.3 Å². The summed E-state index contributed by atoms with van der Waals surface area (Å²) in [6.07, 6.45) is 0. The molecule has 0 fully saturated rings. The monoisotopic (exact) mass is 288 g/mol. The number of carboxylic acids is 1. The molecule has 0 aliphatic rings. The first-order valence-electron chi connectivity index (χ1n) is 5.05. The van der Waals surface area contributed by atoms with E-state index in [9.17, 15) is 4.79 Å². The zero-order chi connectivity index (χ0) is 13.8. The Hall–Kier alpha value is -1.78. The molecule has 2 aromatic rings. The Labute approximate surface area is 114 Å². The van der Waals surface area contributed by atoms with Gasteiger partial charge in [0.15, 0.2) is 0 Å². The molecule has 3 nitrogen and oxygen atoms in total. The van der Waals surface area contributed by atoms with Crippen LogP contribution in [0.15, 0.2) is 54.6 Å². The summed E-state index contributed by atoms with van der Waals surface area (Å²) in [5.41, 5.74) is 1.32. The Kier molecular flexibility index (Phi) is 9.35. The second-order valence-electron chi connectivity index (χ2n) is 3.25. The molecule has 2 aromatic carbocycles. The number of aromatic carboxylic acids is 1. The van der Waals surface area contributed by atoms with Crippen LogP contribution in [0.1, 0.15) is 15.9 Å². The van der Waals surface area contributed by atoms with E-state index < -0.39 is 5.97 Å². The summed E-state index contributed by atoms with van der Waals surface area (Å²) in [6, 6.07) is 19.3. The predicted octanol–water partition coefficient (Wildman–Crippen LogP) is 3.06. The Bertz CT molecular complexity index is 431. The molecule has 0 bridgehead atoms. The number of carbonyl (C=O) groups is 1. The number of aryl methyl sites for hydroxylation is 1. The quantitative estimate of drug-likeness (QED) is 0.820. The van der Waals surface area contributed by atoms with Gasteiger partial charge in [0.2, 0.25) is 0 Å². The minimum atomic E-state index is -0.872. The maximum atomic E-state index is 10.4. The smallest absolute Gasteiger partial charge is 0.171 e. The number of hydrogen-bond donors (Lipinski definition) is 1. The van der Waals surface area contributed by atoms with Crippen molar-refractivity contribution in [2.45, 2.75) is 6.92 Å². The van der Waals surface area contributed by atoms with E-state index in [1.165, 1.54) is 0 Å². The molecule has 0 aliphatic carbocycles. The van der Waals surface area contributed by atoms with Crippen molar-refractivity contribution in [3.8, 4) is 0 Å². The standard InChI is InChI=1S/C8H8O2.C6H5.Co.O/c1-6-3-2-4-7(5-6)8(9)10;1-2-4-6-5-3-1;;/h2-5H,1H3,(H,9,10);1-5H;;/q;-1;;. The van der Waals surface area contributed by atoms with E-state index in [0.29, 0.717) is 5.56 Å². The summed E-state index contributed by atoms with van der Waals surface area (Å²) >= 11 is 2.31. The molecule has 4 heteroatoms. The van der Waals surface area contributed by atoms with Crippen molar-refractivity contribution in [1.29, 1.82) is 0 Å². The Morgan fingerprint density at radius 1 is 1.11 bits per heavy atom. The predicted molar refractivity (Wildman–Crippen MR) is 64.1 cm³/mol. The molecule has 0 atom stereocenters. The van der Waals surface area contributed by atoms with Crippen molar-refractivity contribution in [2.75, 3.05) is 0 Å². The number of hydrogen-bond acceptors (Lipinski definition) is 2. The average Bonchev–Trinajstić information content (AvgIpc) is 2.43. The molecular weight excluding hydrogens is 275 g/mol. The van der Waals surface area contributed by atoms with Gasteiger partial charge < -0.3 is 5.11 Å². The fraction of sp³-hybridized carbons (Fsp3) is 0.0714. The van der Waals surface area contributed by atoms with Crippen LogP contribution in [-0.2, 0) is 19.5 Å². The van der Waals surface area contributed by atoms with Gasteiger partial charge in [0.25, 0.3) is 0 Å². The van der Waals surface area contributed by atoms with Gasteiger partial charge >= 0.3 is 25.5 Å². The molecule has 2 rings (SSSR count). The van der Waals surface area contributed by atoms with Crippen LogP contribution in [-0.4, -0.2) is 11.1 Å². The Morgan fingerprint density at radius 3 is 2.00 bits per heavy atom. The van der Waals surface area contributed by atoms with Crippen LogP contribution < -0.4 is 0 Å². The summed E-state index contributed by atoms with van der Waals surface area (Å²) in [7, 11) is 0.